The fourth-order valence-corrected chi connectivity index (χ4v) is 7.89. The number of carbonyl (C=O) groups excluding carboxylic acids is 2. The normalized spacial score (nSPS) is 19.4. The van der Waals surface area contributed by atoms with Crippen molar-refractivity contribution in [2.24, 2.45) is 5.92 Å². The lowest BCUT2D eigenvalue weighted by molar-refractivity contribution is -0.132. The van der Waals surface area contributed by atoms with E-state index < -0.39 is 26.6 Å². The van der Waals surface area contributed by atoms with Crippen LogP contribution in [0.15, 0.2) is 72.8 Å². The summed E-state index contributed by atoms with van der Waals surface area (Å²) in [6.45, 7) is 4.05. The van der Waals surface area contributed by atoms with Crippen molar-refractivity contribution in [3.05, 3.63) is 106 Å². The van der Waals surface area contributed by atoms with E-state index in [4.69, 9.17) is 4.74 Å². The largest absolute Gasteiger partial charge is 0.497 e. The molecule has 3 aromatic carbocycles. The number of carbonyl (C=O) groups is 2. The molecule has 1 unspecified atom stereocenters. The van der Waals surface area contributed by atoms with Gasteiger partial charge in [0.2, 0.25) is 21.8 Å². The first-order chi connectivity index (χ1) is 21.0. The van der Waals surface area contributed by atoms with Crippen LogP contribution in [0, 0.1) is 24.2 Å². The summed E-state index contributed by atoms with van der Waals surface area (Å²) in [6, 6.07) is 22.5. The van der Waals surface area contributed by atoms with E-state index in [0.717, 1.165) is 32.8 Å². The molecule has 1 saturated heterocycles. The molecule has 1 fully saturated rings. The molecule has 1 heterocycles. The van der Waals surface area contributed by atoms with Crippen molar-refractivity contribution in [3.63, 3.8) is 0 Å². The summed E-state index contributed by atoms with van der Waals surface area (Å²) >= 11 is 0. The zero-order chi connectivity index (χ0) is 31.5. The van der Waals surface area contributed by atoms with Gasteiger partial charge in [-0.25, -0.2) is 8.42 Å². The van der Waals surface area contributed by atoms with E-state index in [1.165, 1.54) is 6.92 Å². The number of nitriles is 1. The van der Waals surface area contributed by atoms with Crippen LogP contribution in [-0.2, 0) is 39.0 Å². The van der Waals surface area contributed by atoms with Crippen LogP contribution >= 0.6 is 0 Å². The SMILES string of the molecule is COc1ccc2c(c1)CC([C@H]1CCN(Cc3cccc(C#N)c3)C1=O)(S(=O)(=O)NN(CCc1ccc(C)cc1)C(C)=O)C=C2. The van der Waals surface area contributed by atoms with Gasteiger partial charge < -0.3 is 9.64 Å². The standard InChI is InChI=1S/C34H36N4O5S/c1-24-7-9-26(10-8-24)14-18-38(25(2)39)36-44(41,42)34(16-13-29-11-12-31(43-3)20-30(29)21-34)32-15-17-37(33(32)40)23-28-6-4-5-27(19-28)22-35/h4-13,16,19-20,32,36H,14-15,17-18,21,23H2,1-3H3/t32-,34?/m0/s1. The Kier molecular flexibility index (Phi) is 8.90. The maximum Gasteiger partial charge on any atom is 0.239 e. The van der Waals surface area contributed by atoms with Gasteiger partial charge in [0, 0.05) is 26.6 Å². The molecule has 1 aliphatic heterocycles. The fourth-order valence-electron chi connectivity index (χ4n) is 6.03. The number of benzene rings is 3. The van der Waals surface area contributed by atoms with Crippen molar-refractivity contribution in [1.82, 2.24) is 14.7 Å². The molecule has 5 rings (SSSR count). The number of hydrazine groups is 1. The Morgan fingerprint density at radius 2 is 1.91 bits per heavy atom. The number of nitrogens with one attached hydrogen (secondary N) is 1. The first-order valence-corrected chi connectivity index (χ1v) is 16.0. The van der Waals surface area contributed by atoms with Gasteiger partial charge in [-0.2, -0.15) is 5.26 Å². The number of rotatable bonds is 10. The summed E-state index contributed by atoms with van der Waals surface area (Å²) in [5.74, 6) is -1.06. The number of fused-ring (bicyclic) bond motifs is 1. The molecule has 2 atom stereocenters. The molecule has 3 aromatic rings. The van der Waals surface area contributed by atoms with Crippen LogP contribution in [0.25, 0.3) is 6.08 Å². The molecule has 44 heavy (non-hydrogen) atoms. The molecule has 0 aromatic heterocycles. The Labute approximate surface area is 258 Å². The zero-order valence-electron chi connectivity index (χ0n) is 25.1. The van der Waals surface area contributed by atoms with Crippen molar-refractivity contribution < 1.29 is 22.7 Å². The van der Waals surface area contributed by atoms with Gasteiger partial charge in [0.25, 0.3) is 0 Å². The minimum absolute atomic E-state index is 0.0310. The summed E-state index contributed by atoms with van der Waals surface area (Å²) in [6.07, 6.45) is 4.15. The Balaban J connectivity index is 1.47. The highest BCUT2D eigenvalue weighted by Gasteiger charge is 2.56. The molecule has 0 spiro atoms. The first kappa shape index (κ1) is 31.0. The molecule has 0 radical (unpaired) electrons. The highest BCUT2D eigenvalue weighted by molar-refractivity contribution is 7.91. The maximum atomic E-state index is 14.5. The summed E-state index contributed by atoms with van der Waals surface area (Å²) in [5, 5.41) is 10.4. The minimum atomic E-state index is -4.35. The van der Waals surface area contributed by atoms with E-state index >= 15 is 0 Å². The van der Waals surface area contributed by atoms with Gasteiger partial charge in [-0.1, -0.05) is 60.2 Å². The predicted molar refractivity (Wildman–Crippen MR) is 167 cm³/mol. The number of likely N-dealkylation sites (tertiary alicyclic amines) is 1. The highest BCUT2D eigenvalue weighted by Crippen LogP contribution is 2.43. The second kappa shape index (κ2) is 12.6. The lowest BCUT2D eigenvalue weighted by atomic mass is 9.79. The number of hydrogen-bond acceptors (Lipinski definition) is 6. The van der Waals surface area contributed by atoms with Crippen LogP contribution in [0.5, 0.6) is 5.75 Å². The maximum absolute atomic E-state index is 14.5. The smallest absolute Gasteiger partial charge is 0.239 e. The third kappa shape index (κ3) is 6.25. The summed E-state index contributed by atoms with van der Waals surface area (Å²) < 4.78 is 32.8. The Morgan fingerprint density at radius 1 is 1.14 bits per heavy atom. The molecule has 2 amide bonds. The van der Waals surface area contributed by atoms with E-state index in [9.17, 15) is 23.3 Å². The van der Waals surface area contributed by atoms with Crippen molar-refractivity contribution >= 4 is 27.9 Å². The third-order valence-corrected chi connectivity index (χ3v) is 10.6. The average molecular weight is 613 g/mol. The van der Waals surface area contributed by atoms with Crippen molar-refractivity contribution in [2.45, 2.75) is 44.4 Å². The molecular formula is C34H36N4O5S. The van der Waals surface area contributed by atoms with Crippen LogP contribution in [-0.4, -0.2) is 55.1 Å². The minimum Gasteiger partial charge on any atom is -0.497 e. The van der Waals surface area contributed by atoms with E-state index in [0.29, 0.717) is 30.7 Å². The Hall–Kier alpha value is -4.46. The van der Waals surface area contributed by atoms with Gasteiger partial charge in [0.15, 0.2) is 0 Å². The summed E-state index contributed by atoms with van der Waals surface area (Å²) in [5.41, 5.74) is 4.94. The molecule has 0 saturated carbocycles. The van der Waals surface area contributed by atoms with Crippen LogP contribution < -0.4 is 9.57 Å². The second-order valence-corrected chi connectivity index (χ2v) is 13.4. The topological polar surface area (TPSA) is 120 Å². The van der Waals surface area contributed by atoms with Crippen LogP contribution in [0.2, 0.25) is 0 Å². The Morgan fingerprint density at radius 3 is 2.61 bits per heavy atom. The van der Waals surface area contributed by atoms with Crippen molar-refractivity contribution in [3.8, 4) is 11.8 Å². The highest BCUT2D eigenvalue weighted by atomic mass is 32.2. The molecule has 228 valence electrons. The molecule has 1 N–H and O–H groups in total. The van der Waals surface area contributed by atoms with Gasteiger partial charge in [0.1, 0.15) is 10.5 Å². The third-order valence-electron chi connectivity index (χ3n) is 8.53. The van der Waals surface area contributed by atoms with Gasteiger partial charge in [-0.15, -0.1) is 4.83 Å². The second-order valence-electron chi connectivity index (χ2n) is 11.4. The van der Waals surface area contributed by atoms with E-state index in [1.807, 2.05) is 49.4 Å². The quantitative estimate of drug-likeness (QED) is 0.344. The molecule has 2 aliphatic rings. The lowest BCUT2D eigenvalue weighted by Gasteiger charge is -2.39. The summed E-state index contributed by atoms with van der Waals surface area (Å²) in [4.78, 5) is 31.0. The van der Waals surface area contributed by atoms with Crippen LogP contribution in [0.4, 0.5) is 0 Å². The molecule has 10 heteroatoms. The predicted octanol–water partition coefficient (Wildman–Crippen LogP) is 4.16. The Bertz CT molecular complexity index is 1750. The summed E-state index contributed by atoms with van der Waals surface area (Å²) in [7, 11) is -2.80. The zero-order valence-corrected chi connectivity index (χ0v) is 25.9. The number of sulfonamides is 1. The molecular weight excluding hydrogens is 576 g/mol. The lowest BCUT2D eigenvalue weighted by Crippen LogP contribution is -2.59. The monoisotopic (exact) mass is 612 g/mol. The number of nitrogens with zero attached hydrogens (tertiary/aromatic N) is 3. The van der Waals surface area contributed by atoms with Crippen LogP contribution in [0.1, 0.15) is 46.7 Å². The number of hydrogen-bond donors (Lipinski definition) is 1. The molecule has 0 bridgehead atoms. The first-order valence-electron chi connectivity index (χ1n) is 14.5. The number of aryl methyl sites for hydroxylation is 1. The number of methoxy groups -OCH3 is 1. The van der Waals surface area contributed by atoms with Gasteiger partial charge in [0.05, 0.1) is 24.7 Å². The average Bonchev–Trinajstić information content (AvgIpc) is 3.38. The number of amides is 2. The molecule has 1 aliphatic carbocycles. The fraction of sp³-hybridized carbons (Fsp3) is 0.324. The van der Waals surface area contributed by atoms with E-state index in [-0.39, 0.29) is 25.4 Å². The van der Waals surface area contributed by atoms with Gasteiger partial charge in [-0.05, 0) is 72.7 Å². The molecule has 9 nitrogen and oxygen atoms in total. The van der Waals surface area contributed by atoms with E-state index in [2.05, 4.69) is 10.9 Å². The van der Waals surface area contributed by atoms with Crippen molar-refractivity contribution in [2.75, 3.05) is 20.2 Å². The van der Waals surface area contributed by atoms with Crippen LogP contribution in [0.3, 0.4) is 0 Å². The van der Waals surface area contributed by atoms with Gasteiger partial charge >= 0.3 is 0 Å². The van der Waals surface area contributed by atoms with Gasteiger partial charge in [-0.3, -0.25) is 14.6 Å². The van der Waals surface area contributed by atoms with Crippen molar-refractivity contribution in [1.29, 1.82) is 5.26 Å². The van der Waals surface area contributed by atoms with E-state index in [1.54, 1.807) is 48.4 Å². The number of ether oxygens (including phenoxy) is 1.